The van der Waals surface area contributed by atoms with E-state index in [2.05, 4.69) is 30.7 Å². The number of carbonyl (C=O) groups excluding carboxylic acids is 1. The van der Waals surface area contributed by atoms with Crippen LogP contribution in [0.3, 0.4) is 0 Å². The molecule has 0 atom stereocenters. The van der Waals surface area contributed by atoms with Crippen molar-refractivity contribution in [2.24, 2.45) is 0 Å². The lowest BCUT2D eigenvalue weighted by Gasteiger charge is -2.26. The third-order valence-electron chi connectivity index (χ3n) is 6.07. The summed E-state index contributed by atoms with van der Waals surface area (Å²) in [4.78, 5) is 38.4. The molecule has 2 aliphatic rings. The SMILES string of the molecule is O=C(NCc1ccc[nH]c1=O)Nc1nc2c(s1)CN(c1nc(C3CCC(F)(F)CC3)no1)CC2. The van der Waals surface area contributed by atoms with Gasteiger partial charge in [0.25, 0.3) is 5.56 Å². The number of halogens is 2. The number of hydrogen-bond acceptors (Lipinski definition) is 8. The molecule has 0 unspecified atom stereocenters. The number of alkyl halides is 2. The summed E-state index contributed by atoms with van der Waals surface area (Å²) < 4.78 is 32.3. The number of hydrogen-bond donors (Lipinski definition) is 3. The molecule has 4 heterocycles. The highest BCUT2D eigenvalue weighted by Gasteiger charge is 2.37. The first-order chi connectivity index (χ1) is 16.4. The fourth-order valence-electron chi connectivity index (χ4n) is 4.14. The molecule has 3 aromatic heterocycles. The van der Waals surface area contributed by atoms with Gasteiger partial charge in [-0.3, -0.25) is 10.1 Å². The van der Waals surface area contributed by atoms with Gasteiger partial charge < -0.3 is 19.7 Å². The van der Waals surface area contributed by atoms with Crippen LogP contribution in [0, 0.1) is 0 Å². The fourth-order valence-corrected chi connectivity index (χ4v) is 5.16. The second-order valence-electron chi connectivity index (χ2n) is 8.46. The Morgan fingerprint density at radius 3 is 2.94 bits per heavy atom. The van der Waals surface area contributed by atoms with E-state index < -0.39 is 12.0 Å². The number of thiazole rings is 1. The summed E-state index contributed by atoms with van der Waals surface area (Å²) >= 11 is 1.36. The highest BCUT2D eigenvalue weighted by Crippen LogP contribution is 2.40. The number of fused-ring (bicyclic) bond motifs is 1. The number of nitrogens with zero attached hydrogens (tertiary/aromatic N) is 4. The van der Waals surface area contributed by atoms with Crippen molar-refractivity contribution in [2.45, 2.75) is 57.0 Å². The molecule has 3 N–H and O–H groups in total. The number of aromatic nitrogens is 4. The quantitative estimate of drug-likeness (QED) is 0.499. The Kier molecular flexibility index (Phi) is 6.02. The Bertz CT molecular complexity index is 1230. The zero-order valence-corrected chi connectivity index (χ0v) is 19.0. The van der Waals surface area contributed by atoms with Crippen molar-refractivity contribution in [3.05, 3.63) is 50.6 Å². The van der Waals surface area contributed by atoms with Crippen LogP contribution in [-0.4, -0.2) is 38.6 Å². The number of amides is 2. The molecule has 0 radical (unpaired) electrons. The summed E-state index contributed by atoms with van der Waals surface area (Å²) in [5.41, 5.74) is 1.09. The van der Waals surface area contributed by atoms with E-state index in [1.165, 1.54) is 17.5 Å². The van der Waals surface area contributed by atoms with Gasteiger partial charge in [0.2, 0.25) is 5.92 Å². The predicted octanol–water partition coefficient (Wildman–Crippen LogP) is 3.39. The Balaban J connectivity index is 1.18. The Labute approximate surface area is 196 Å². The molecule has 0 spiro atoms. The Morgan fingerprint density at radius 1 is 1.32 bits per heavy atom. The first-order valence-corrected chi connectivity index (χ1v) is 11.8. The van der Waals surface area contributed by atoms with Gasteiger partial charge >= 0.3 is 12.0 Å². The van der Waals surface area contributed by atoms with Crippen LogP contribution >= 0.6 is 11.3 Å². The minimum atomic E-state index is -2.60. The summed E-state index contributed by atoms with van der Waals surface area (Å²) in [5.74, 6) is -2.22. The van der Waals surface area contributed by atoms with E-state index in [0.717, 1.165) is 10.6 Å². The molecule has 180 valence electrons. The second kappa shape index (κ2) is 9.12. The molecule has 5 rings (SSSR count). The van der Waals surface area contributed by atoms with Crippen molar-refractivity contribution >= 4 is 28.5 Å². The van der Waals surface area contributed by atoms with Gasteiger partial charge in [-0.2, -0.15) is 4.98 Å². The monoisotopic (exact) mass is 491 g/mol. The van der Waals surface area contributed by atoms with Crippen molar-refractivity contribution in [3.63, 3.8) is 0 Å². The Hall–Kier alpha value is -3.35. The van der Waals surface area contributed by atoms with Gasteiger partial charge in [-0.15, -0.1) is 0 Å². The van der Waals surface area contributed by atoms with E-state index in [9.17, 15) is 18.4 Å². The topological polar surface area (TPSA) is 129 Å². The molecule has 1 saturated carbocycles. The van der Waals surface area contributed by atoms with E-state index in [0.29, 0.717) is 54.9 Å². The average molecular weight is 492 g/mol. The summed E-state index contributed by atoms with van der Waals surface area (Å²) in [6.07, 6.45) is 2.56. The summed E-state index contributed by atoms with van der Waals surface area (Å²) in [7, 11) is 0. The molecule has 1 fully saturated rings. The third-order valence-corrected chi connectivity index (χ3v) is 7.07. The van der Waals surface area contributed by atoms with Crippen LogP contribution in [0.5, 0.6) is 0 Å². The van der Waals surface area contributed by atoms with Gasteiger partial charge in [0.1, 0.15) is 0 Å². The molecule has 1 aliphatic carbocycles. The summed E-state index contributed by atoms with van der Waals surface area (Å²) in [6, 6.07) is 3.25. The zero-order chi connectivity index (χ0) is 23.7. The minimum absolute atomic E-state index is 0.0962. The standard InChI is InChI=1S/C21H23F2N7O3S/c22-21(23)6-3-12(4-7-21)16-27-20(33-29-16)30-9-5-14-15(11-30)34-19(26-14)28-18(32)25-10-13-2-1-8-24-17(13)31/h1-2,8,12H,3-7,9-11H2,(H,24,31)(H2,25,26,28,32). The highest BCUT2D eigenvalue weighted by molar-refractivity contribution is 7.15. The van der Waals surface area contributed by atoms with Crippen molar-refractivity contribution in [3.8, 4) is 0 Å². The van der Waals surface area contributed by atoms with Gasteiger partial charge in [-0.1, -0.05) is 22.6 Å². The van der Waals surface area contributed by atoms with Crippen LogP contribution in [0.4, 0.5) is 24.7 Å². The lowest BCUT2D eigenvalue weighted by atomic mass is 9.86. The largest absolute Gasteiger partial charge is 0.334 e. The number of rotatable bonds is 5. The van der Waals surface area contributed by atoms with Crippen LogP contribution in [0.15, 0.2) is 27.6 Å². The molecule has 0 bridgehead atoms. The lowest BCUT2D eigenvalue weighted by Crippen LogP contribution is -2.30. The second-order valence-corrected chi connectivity index (χ2v) is 9.54. The first-order valence-electron chi connectivity index (χ1n) is 11.0. The maximum atomic E-state index is 13.4. The molecular weight excluding hydrogens is 468 g/mol. The molecule has 0 aromatic carbocycles. The van der Waals surface area contributed by atoms with E-state index in [4.69, 9.17) is 4.52 Å². The van der Waals surface area contributed by atoms with Crippen molar-refractivity contribution < 1.29 is 18.1 Å². The minimum Gasteiger partial charge on any atom is -0.334 e. The first kappa shape index (κ1) is 22.4. The Morgan fingerprint density at radius 2 is 2.15 bits per heavy atom. The molecule has 34 heavy (non-hydrogen) atoms. The van der Waals surface area contributed by atoms with Gasteiger partial charge in [0.05, 0.1) is 12.2 Å². The summed E-state index contributed by atoms with van der Waals surface area (Å²) in [5, 5.41) is 9.86. The highest BCUT2D eigenvalue weighted by atomic mass is 32.1. The van der Waals surface area contributed by atoms with Crippen LogP contribution in [-0.2, 0) is 19.5 Å². The van der Waals surface area contributed by atoms with Crippen molar-refractivity contribution in [1.82, 2.24) is 25.4 Å². The normalized spacial score (nSPS) is 17.9. The molecule has 10 nitrogen and oxygen atoms in total. The number of urea groups is 1. The van der Waals surface area contributed by atoms with Gasteiger partial charge in [0, 0.05) is 54.9 Å². The van der Waals surface area contributed by atoms with Crippen molar-refractivity contribution in [1.29, 1.82) is 0 Å². The fraction of sp³-hybridized carbons (Fsp3) is 0.476. The average Bonchev–Trinajstić information content (AvgIpc) is 3.45. The number of pyridine rings is 1. The van der Waals surface area contributed by atoms with Crippen LogP contribution in [0.2, 0.25) is 0 Å². The van der Waals surface area contributed by atoms with E-state index in [-0.39, 0.29) is 30.9 Å². The van der Waals surface area contributed by atoms with Crippen molar-refractivity contribution in [2.75, 3.05) is 16.8 Å². The zero-order valence-electron chi connectivity index (χ0n) is 18.1. The molecular formula is C21H23F2N7O3S. The lowest BCUT2D eigenvalue weighted by molar-refractivity contribution is -0.0389. The third kappa shape index (κ3) is 4.93. The maximum absolute atomic E-state index is 13.4. The number of anilines is 2. The van der Waals surface area contributed by atoms with Gasteiger partial charge in [-0.05, 0) is 18.9 Å². The number of aromatic amines is 1. The number of carbonyl (C=O) groups is 1. The molecule has 3 aromatic rings. The number of H-pyrrole nitrogens is 1. The van der Waals surface area contributed by atoms with Gasteiger partial charge in [-0.25, -0.2) is 18.6 Å². The molecule has 2 amide bonds. The predicted molar refractivity (Wildman–Crippen MR) is 120 cm³/mol. The number of nitrogens with one attached hydrogen (secondary N) is 3. The van der Waals surface area contributed by atoms with Gasteiger partial charge in [0.15, 0.2) is 11.0 Å². The van der Waals surface area contributed by atoms with E-state index in [1.807, 2.05) is 4.90 Å². The smallest absolute Gasteiger partial charge is 0.324 e. The molecule has 13 heteroatoms. The molecule has 0 saturated heterocycles. The molecule has 1 aliphatic heterocycles. The van der Waals surface area contributed by atoms with Crippen LogP contribution in [0.1, 0.15) is 53.6 Å². The van der Waals surface area contributed by atoms with Crippen LogP contribution in [0.25, 0.3) is 0 Å². The van der Waals surface area contributed by atoms with E-state index >= 15 is 0 Å². The van der Waals surface area contributed by atoms with E-state index in [1.54, 1.807) is 12.1 Å². The summed E-state index contributed by atoms with van der Waals surface area (Å²) in [6.45, 7) is 1.21. The maximum Gasteiger partial charge on any atom is 0.324 e. The van der Waals surface area contributed by atoms with Crippen LogP contribution < -0.4 is 21.1 Å².